The lowest BCUT2D eigenvalue weighted by molar-refractivity contribution is -0.115. The summed E-state index contributed by atoms with van der Waals surface area (Å²) in [4.78, 5) is 12.5. The van der Waals surface area contributed by atoms with Crippen LogP contribution in [-0.2, 0) is 11.3 Å². The van der Waals surface area contributed by atoms with Crippen LogP contribution in [0.5, 0.6) is 0 Å². The van der Waals surface area contributed by atoms with Gasteiger partial charge in [-0.3, -0.25) is 4.79 Å². The zero-order valence-electron chi connectivity index (χ0n) is 15.4. The lowest BCUT2D eigenvalue weighted by atomic mass is 10.2. The van der Waals surface area contributed by atoms with Crippen molar-refractivity contribution in [1.29, 1.82) is 5.26 Å². The molecule has 3 aromatic rings. The van der Waals surface area contributed by atoms with Gasteiger partial charge in [-0.05, 0) is 56.3 Å². The van der Waals surface area contributed by atoms with Gasteiger partial charge in [-0.1, -0.05) is 29.4 Å². The second-order valence-corrected chi connectivity index (χ2v) is 7.74. The topological polar surface area (TPSA) is 83.6 Å². The largest absolute Gasteiger partial charge is 0.325 e. The number of nitrogens with zero attached hydrogens (tertiary/aromatic N) is 4. The Morgan fingerprint density at radius 3 is 2.71 bits per heavy atom. The Hall–Kier alpha value is -2.82. The van der Waals surface area contributed by atoms with Crippen LogP contribution in [0.2, 0.25) is 5.02 Å². The summed E-state index contributed by atoms with van der Waals surface area (Å²) in [6.07, 6.45) is 0. The van der Waals surface area contributed by atoms with Gasteiger partial charge in [0.25, 0.3) is 0 Å². The predicted octanol–water partition coefficient (Wildman–Crippen LogP) is 4.61. The molecule has 3 rings (SSSR count). The molecule has 28 heavy (non-hydrogen) atoms. The van der Waals surface area contributed by atoms with Crippen LogP contribution in [0.25, 0.3) is 11.4 Å². The number of halogens is 1. The van der Waals surface area contributed by atoms with Crippen molar-refractivity contribution in [3.8, 4) is 17.5 Å². The number of carbonyl (C=O) groups excluding carboxylic acids is 1. The van der Waals surface area contributed by atoms with Gasteiger partial charge in [-0.15, -0.1) is 10.2 Å². The van der Waals surface area contributed by atoms with E-state index in [4.69, 9.17) is 16.9 Å². The van der Waals surface area contributed by atoms with Gasteiger partial charge in [0.2, 0.25) is 5.91 Å². The van der Waals surface area contributed by atoms with Gasteiger partial charge < -0.3 is 9.88 Å². The van der Waals surface area contributed by atoms with Crippen molar-refractivity contribution >= 4 is 35.0 Å². The number of amides is 1. The van der Waals surface area contributed by atoms with E-state index in [1.807, 2.05) is 42.7 Å². The number of thioether (sulfide) groups is 1. The Bertz CT molecular complexity index is 1030. The molecule has 0 bridgehead atoms. The molecular formula is C20H18ClN5OS. The molecule has 1 amide bonds. The molecule has 0 aliphatic carbocycles. The fourth-order valence-electron chi connectivity index (χ4n) is 2.60. The van der Waals surface area contributed by atoms with E-state index in [0.29, 0.717) is 28.0 Å². The molecule has 1 heterocycles. The minimum atomic E-state index is -0.390. The molecule has 8 heteroatoms. The number of hydrogen-bond donors (Lipinski definition) is 1. The van der Waals surface area contributed by atoms with Gasteiger partial charge in [0.05, 0.1) is 16.9 Å². The van der Waals surface area contributed by atoms with Crippen LogP contribution in [0.1, 0.15) is 19.4 Å². The molecule has 0 fully saturated rings. The standard InChI is InChI=1S/C20H18ClN5OS/c1-3-26-18(15-7-9-16(21)10-8-15)24-25-20(26)28-13(2)19(27)23-17-6-4-5-14(11-17)12-22/h4-11,13H,3H2,1-2H3,(H,23,27). The third-order valence-electron chi connectivity index (χ3n) is 4.05. The summed E-state index contributed by atoms with van der Waals surface area (Å²) in [7, 11) is 0. The molecule has 1 atom stereocenters. The van der Waals surface area contributed by atoms with Crippen LogP contribution in [0.3, 0.4) is 0 Å². The number of rotatable bonds is 6. The third-order valence-corrected chi connectivity index (χ3v) is 5.38. The Balaban J connectivity index is 1.74. The predicted molar refractivity (Wildman–Crippen MR) is 111 cm³/mol. The molecule has 1 unspecified atom stereocenters. The van der Waals surface area contributed by atoms with E-state index in [-0.39, 0.29) is 5.91 Å². The quantitative estimate of drug-likeness (QED) is 0.599. The number of carbonyl (C=O) groups is 1. The zero-order chi connectivity index (χ0) is 20.1. The number of aromatic nitrogens is 3. The first-order valence-corrected chi connectivity index (χ1v) is 9.94. The maximum atomic E-state index is 12.5. The fourth-order valence-corrected chi connectivity index (χ4v) is 3.63. The first kappa shape index (κ1) is 19.9. The average molecular weight is 412 g/mol. The van der Waals surface area contributed by atoms with E-state index in [0.717, 1.165) is 11.4 Å². The van der Waals surface area contributed by atoms with Crippen LogP contribution < -0.4 is 5.32 Å². The molecule has 0 spiro atoms. The van der Waals surface area contributed by atoms with Crippen LogP contribution in [0.4, 0.5) is 5.69 Å². The summed E-state index contributed by atoms with van der Waals surface area (Å²) in [6.45, 7) is 4.49. The number of nitrogens with one attached hydrogen (secondary N) is 1. The number of anilines is 1. The average Bonchev–Trinajstić information content (AvgIpc) is 3.11. The monoisotopic (exact) mass is 411 g/mol. The highest BCUT2D eigenvalue weighted by Gasteiger charge is 2.20. The van der Waals surface area contributed by atoms with Crippen molar-refractivity contribution in [3.05, 3.63) is 59.1 Å². The van der Waals surface area contributed by atoms with Crippen molar-refractivity contribution in [2.24, 2.45) is 0 Å². The van der Waals surface area contributed by atoms with Crippen molar-refractivity contribution in [1.82, 2.24) is 14.8 Å². The summed E-state index contributed by atoms with van der Waals surface area (Å²) in [5, 5.41) is 21.3. The maximum Gasteiger partial charge on any atom is 0.237 e. The first-order valence-electron chi connectivity index (χ1n) is 8.68. The third kappa shape index (κ3) is 4.53. The highest BCUT2D eigenvalue weighted by atomic mass is 35.5. The number of hydrogen-bond acceptors (Lipinski definition) is 5. The van der Waals surface area contributed by atoms with E-state index >= 15 is 0 Å². The van der Waals surface area contributed by atoms with E-state index in [1.165, 1.54) is 11.8 Å². The molecule has 142 valence electrons. The van der Waals surface area contributed by atoms with Crippen molar-refractivity contribution in [2.45, 2.75) is 30.8 Å². The smallest absolute Gasteiger partial charge is 0.237 e. The van der Waals surface area contributed by atoms with Crippen molar-refractivity contribution in [3.63, 3.8) is 0 Å². The molecule has 0 radical (unpaired) electrons. The molecule has 0 aliphatic rings. The Morgan fingerprint density at radius 2 is 2.04 bits per heavy atom. The summed E-state index contributed by atoms with van der Waals surface area (Å²) in [5.74, 6) is 0.565. The molecule has 1 aromatic heterocycles. The summed E-state index contributed by atoms with van der Waals surface area (Å²) < 4.78 is 1.97. The van der Waals surface area contributed by atoms with Crippen LogP contribution in [0.15, 0.2) is 53.7 Å². The minimum absolute atomic E-state index is 0.168. The summed E-state index contributed by atoms with van der Waals surface area (Å²) in [6, 6.07) is 16.3. The second-order valence-electron chi connectivity index (χ2n) is 6.00. The fraction of sp³-hybridized carbons (Fsp3) is 0.200. The number of benzene rings is 2. The normalized spacial score (nSPS) is 11.6. The van der Waals surface area contributed by atoms with Gasteiger partial charge in [-0.2, -0.15) is 5.26 Å². The van der Waals surface area contributed by atoms with Crippen LogP contribution in [0, 0.1) is 11.3 Å². The maximum absolute atomic E-state index is 12.5. The van der Waals surface area contributed by atoms with Crippen molar-refractivity contribution < 1.29 is 4.79 Å². The van der Waals surface area contributed by atoms with Gasteiger partial charge in [0, 0.05) is 22.8 Å². The Labute approximate surface area is 172 Å². The molecule has 2 aromatic carbocycles. The summed E-state index contributed by atoms with van der Waals surface area (Å²) in [5.41, 5.74) is 2.00. The minimum Gasteiger partial charge on any atom is -0.325 e. The highest BCUT2D eigenvalue weighted by molar-refractivity contribution is 8.00. The molecule has 0 aliphatic heterocycles. The van der Waals surface area contributed by atoms with Gasteiger partial charge in [0.1, 0.15) is 0 Å². The van der Waals surface area contributed by atoms with E-state index < -0.39 is 5.25 Å². The highest BCUT2D eigenvalue weighted by Crippen LogP contribution is 2.28. The summed E-state index contributed by atoms with van der Waals surface area (Å²) >= 11 is 7.30. The Morgan fingerprint density at radius 1 is 1.29 bits per heavy atom. The van der Waals surface area contributed by atoms with E-state index in [1.54, 1.807) is 24.3 Å². The molecule has 1 N–H and O–H groups in total. The van der Waals surface area contributed by atoms with Crippen LogP contribution in [-0.4, -0.2) is 25.9 Å². The SMILES string of the molecule is CCn1c(SC(C)C(=O)Nc2cccc(C#N)c2)nnc1-c1ccc(Cl)cc1. The molecule has 0 saturated carbocycles. The van der Waals surface area contributed by atoms with E-state index in [2.05, 4.69) is 21.6 Å². The van der Waals surface area contributed by atoms with Crippen LogP contribution >= 0.6 is 23.4 Å². The first-order chi connectivity index (χ1) is 13.5. The van der Waals surface area contributed by atoms with E-state index in [9.17, 15) is 4.79 Å². The zero-order valence-corrected chi connectivity index (χ0v) is 17.0. The lowest BCUT2D eigenvalue weighted by Crippen LogP contribution is -2.23. The Kier molecular flexibility index (Phi) is 6.34. The van der Waals surface area contributed by atoms with Crippen molar-refractivity contribution in [2.75, 3.05) is 5.32 Å². The molecule has 6 nitrogen and oxygen atoms in total. The number of nitriles is 1. The van der Waals surface area contributed by atoms with Gasteiger partial charge >= 0.3 is 0 Å². The van der Waals surface area contributed by atoms with Gasteiger partial charge in [0.15, 0.2) is 11.0 Å². The molecular weight excluding hydrogens is 394 g/mol. The second kappa shape index (κ2) is 8.91. The molecule has 0 saturated heterocycles. The lowest BCUT2D eigenvalue weighted by Gasteiger charge is -2.13. The van der Waals surface area contributed by atoms with Gasteiger partial charge in [-0.25, -0.2) is 0 Å².